The molecule has 1 aromatic heterocycles. The first-order valence-electron chi connectivity index (χ1n) is 8.79. The molecule has 0 atom stereocenters. The molecule has 0 unspecified atom stereocenters. The number of benzene rings is 2. The zero-order chi connectivity index (χ0) is 18.1. The van der Waals surface area contributed by atoms with Gasteiger partial charge in [0.25, 0.3) is 0 Å². The summed E-state index contributed by atoms with van der Waals surface area (Å²) in [6, 6.07) is 11.6. The van der Waals surface area contributed by atoms with Gasteiger partial charge in [-0.3, -0.25) is 4.98 Å². The fraction of sp³-hybridized carbons (Fsp3) is 0.286. The van der Waals surface area contributed by atoms with E-state index in [4.69, 9.17) is 26.1 Å². The van der Waals surface area contributed by atoms with Gasteiger partial charge in [-0.25, -0.2) is 0 Å². The molecule has 1 aliphatic rings. The van der Waals surface area contributed by atoms with Crippen LogP contribution in [0.15, 0.2) is 36.4 Å². The van der Waals surface area contributed by atoms with Gasteiger partial charge < -0.3 is 14.8 Å². The fourth-order valence-corrected chi connectivity index (χ4v) is 3.75. The molecule has 1 N–H and O–H groups in total. The number of nitrogens with one attached hydrogen (secondary N) is 1. The molecule has 4 rings (SSSR count). The first-order valence-corrected chi connectivity index (χ1v) is 9.17. The summed E-state index contributed by atoms with van der Waals surface area (Å²) in [5.74, 6) is 1.55. The second-order valence-electron chi connectivity index (χ2n) is 6.47. The Morgan fingerprint density at radius 3 is 2.65 bits per heavy atom. The fourth-order valence-electron chi connectivity index (χ4n) is 3.59. The average molecular weight is 369 g/mol. The second kappa shape index (κ2) is 7.04. The van der Waals surface area contributed by atoms with Gasteiger partial charge >= 0.3 is 0 Å². The number of fused-ring (bicyclic) bond motifs is 2. The van der Waals surface area contributed by atoms with Crippen LogP contribution in [-0.4, -0.2) is 19.2 Å². The summed E-state index contributed by atoms with van der Waals surface area (Å²) in [6.07, 6.45) is 4.38. The second-order valence-corrected chi connectivity index (χ2v) is 6.91. The molecule has 0 fully saturated rings. The maximum atomic E-state index is 6.20. The van der Waals surface area contributed by atoms with Crippen molar-refractivity contribution in [3.63, 3.8) is 0 Å². The Balaban J connectivity index is 1.91. The van der Waals surface area contributed by atoms with Crippen LogP contribution in [0, 0.1) is 0 Å². The minimum atomic E-state index is 0.700. The predicted octanol–water partition coefficient (Wildman–Crippen LogP) is 5.53. The van der Waals surface area contributed by atoms with Crippen molar-refractivity contribution < 1.29 is 9.47 Å². The molecule has 134 valence electrons. The van der Waals surface area contributed by atoms with E-state index in [0.29, 0.717) is 5.02 Å². The lowest BCUT2D eigenvalue weighted by molar-refractivity contribution is 0.405. The molecule has 2 aromatic carbocycles. The third-order valence-electron chi connectivity index (χ3n) is 4.89. The van der Waals surface area contributed by atoms with Crippen LogP contribution in [0.1, 0.15) is 24.1 Å². The summed E-state index contributed by atoms with van der Waals surface area (Å²) in [4.78, 5) is 4.87. The van der Waals surface area contributed by atoms with E-state index in [-0.39, 0.29) is 0 Å². The maximum Gasteiger partial charge on any atom is 0.142 e. The van der Waals surface area contributed by atoms with Gasteiger partial charge in [0, 0.05) is 22.2 Å². The molecule has 0 saturated heterocycles. The van der Waals surface area contributed by atoms with E-state index in [0.717, 1.165) is 52.3 Å². The zero-order valence-electron chi connectivity index (χ0n) is 14.9. The number of aromatic nitrogens is 1. The Labute approximate surface area is 158 Å². The maximum absolute atomic E-state index is 6.20. The van der Waals surface area contributed by atoms with Crippen molar-refractivity contribution >= 4 is 33.9 Å². The summed E-state index contributed by atoms with van der Waals surface area (Å²) in [6.45, 7) is 0. The molecule has 0 amide bonds. The van der Waals surface area contributed by atoms with Crippen molar-refractivity contribution in [2.75, 3.05) is 19.5 Å². The van der Waals surface area contributed by atoms with Crippen molar-refractivity contribution in [2.45, 2.75) is 25.7 Å². The van der Waals surface area contributed by atoms with Crippen molar-refractivity contribution in [1.82, 2.24) is 4.98 Å². The number of methoxy groups -OCH3 is 2. The molecule has 26 heavy (non-hydrogen) atoms. The van der Waals surface area contributed by atoms with Gasteiger partial charge in [-0.15, -0.1) is 0 Å². The quantitative estimate of drug-likeness (QED) is 0.657. The van der Waals surface area contributed by atoms with Crippen LogP contribution >= 0.6 is 11.6 Å². The Morgan fingerprint density at radius 1 is 1.00 bits per heavy atom. The Kier molecular flexibility index (Phi) is 4.60. The first-order chi connectivity index (χ1) is 12.7. The molecule has 0 radical (unpaired) electrons. The summed E-state index contributed by atoms with van der Waals surface area (Å²) in [5.41, 5.74) is 5.34. The highest BCUT2D eigenvalue weighted by atomic mass is 35.5. The lowest BCUT2D eigenvalue weighted by atomic mass is 9.92. The number of rotatable bonds is 4. The normalized spacial score (nSPS) is 13.3. The van der Waals surface area contributed by atoms with Crippen molar-refractivity contribution in [2.24, 2.45) is 0 Å². The smallest absolute Gasteiger partial charge is 0.142 e. The lowest BCUT2D eigenvalue weighted by Gasteiger charge is -2.22. The number of ether oxygens (including phenoxy) is 2. The Hall–Kier alpha value is -2.46. The largest absolute Gasteiger partial charge is 0.497 e. The minimum Gasteiger partial charge on any atom is -0.497 e. The van der Waals surface area contributed by atoms with Crippen LogP contribution in [0.5, 0.6) is 11.5 Å². The van der Waals surface area contributed by atoms with Crippen molar-refractivity contribution in [3.8, 4) is 11.5 Å². The molecule has 3 aromatic rings. The number of hydrogen-bond donors (Lipinski definition) is 1. The number of nitrogens with zero attached hydrogens (tertiary/aromatic N) is 1. The van der Waals surface area contributed by atoms with Gasteiger partial charge in [-0.1, -0.05) is 11.6 Å². The van der Waals surface area contributed by atoms with Crippen LogP contribution < -0.4 is 14.8 Å². The molecule has 4 nitrogen and oxygen atoms in total. The van der Waals surface area contributed by atoms with Gasteiger partial charge in [0.2, 0.25) is 0 Å². The standard InChI is InChI=1S/C21H21ClN2O2/c1-25-14-8-10-20(26-2)19(12-14)24-21-15-5-3-4-6-17(15)23-18-11-13(22)7-9-16(18)21/h7-12H,3-6H2,1-2H3,(H,23,24). The summed E-state index contributed by atoms with van der Waals surface area (Å²) < 4.78 is 10.9. The van der Waals surface area contributed by atoms with Gasteiger partial charge in [0.15, 0.2) is 0 Å². The SMILES string of the molecule is COc1ccc(OC)c(Nc2c3c(nc4cc(Cl)ccc24)CCCC3)c1. The topological polar surface area (TPSA) is 43.4 Å². The van der Waals surface area contributed by atoms with E-state index in [1.165, 1.54) is 18.4 Å². The van der Waals surface area contributed by atoms with Crippen LogP contribution in [0.2, 0.25) is 5.02 Å². The van der Waals surface area contributed by atoms with E-state index >= 15 is 0 Å². The number of hydrogen-bond acceptors (Lipinski definition) is 4. The van der Waals surface area contributed by atoms with Gasteiger partial charge in [-0.05, 0) is 61.6 Å². The van der Waals surface area contributed by atoms with E-state index in [1.54, 1.807) is 14.2 Å². The predicted molar refractivity (Wildman–Crippen MR) is 106 cm³/mol. The van der Waals surface area contributed by atoms with Crippen LogP contribution in [0.25, 0.3) is 10.9 Å². The van der Waals surface area contributed by atoms with E-state index in [2.05, 4.69) is 5.32 Å². The van der Waals surface area contributed by atoms with Crippen molar-refractivity contribution in [1.29, 1.82) is 0 Å². The summed E-state index contributed by atoms with van der Waals surface area (Å²) >= 11 is 6.20. The highest BCUT2D eigenvalue weighted by molar-refractivity contribution is 6.31. The molecule has 0 aliphatic heterocycles. The van der Waals surface area contributed by atoms with Gasteiger partial charge in [-0.2, -0.15) is 0 Å². The van der Waals surface area contributed by atoms with Crippen LogP contribution in [0.3, 0.4) is 0 Å². The lowest BCUT2D eigenvalue weighted by Crippen LogP contribution is -2.10. The average Bonchev–Trinajstić information content (AvgIpc) is 2.67. The van der Waals surface area contributed by atoms with Crippen molar-refractivity contribution in [3.05, 3.63) is 52.7 Å². The van der Waals surface area contributed by atoms with E-state index < -0.39 is 0 Å². The highest BCUT2D eigenvalue weighted by Crippen LogP contribution is 2.39. The van der Waals surface area contributed by atoms with E-state index in [9.17, 15) is 0 Å². The monoisotopic (exact) mass is 368 g/mol. The summed E-state index contributed by atoms with van der Waals surface area (Å²) in [7, 11) is 3.34. The van der Waals surface area contributed by atoms with Crippen LogP contribution in [0.4, 0.5) is 11.4 Å². The molecule has 0 bridgehead atoms. The molecular formula is C21H21ClN2O2. The summed E-state index contributed by atoms with van der Waals surface area (Å²) in [5, 5.41) is 5.37. The van der Waals surface area contributed by atoms with Gasteiger partial charge in [0.05, 0.1) is 31.1 Å². The third-order valence-corrected chi connectivity index (χ3v) is 5.13. The Bertz CT molecular complexity index is 972. The zero-order valence-corrected chi connectivity index (χ0v) is 15.7. The minimum absolute atomic E-state index is 0.700. The number of anilines is 2. The molecule has 0 saturated carbocycles. The molecule has 0 spiro atoms. The van der Waals surface area contributed by atoms with E-state index in [1.807, 2.05) is 36.4 Å². The third kappa shape index (κ3) is 3.06. The molecule has 1 aliphatic carbocycles. The molecule has 5 heteroatoms. The molecular weight excluding hydrogens is 348 g/mol. The molecule has 1 heterocycles. The van der Waals surface area contributed by atoms with Crippen LogP contribution in [-0.2, 0) is 12.8 Å². The highest BCUT2D eigenvalue weighted by Gasteiger charge is 2.19. The number of pyridine rings is 1. The number of halogens is 1. The Morgan fingerprint density at radius 2 is 1.85 bits per heavy atom. The number of aryl methyl sites for hydroxylation is 1. The van der Waals surface area contributed by atoms with Gasteiger partial charge in [0.1, 0.15) is 11.5 Å². The first kappa shape index (κ1) is 17.0.